The molecule has 0 aliphatic rings. The number of carboxylic acid groups (broad SMARTS) is 1. The fourth-order valence-electron chi connectivity index (χ4n) is 1.85. The molecule has 0 saturated carbocycles. The molecule has 0 saturated heterocycles. The molecule has 0 fully saturated rings. The summed E-state index contributed by atoms with van der Waals surface area (Å²) >= 11 is 3.24. The molecule has 1 amide bonds. The normalized spacial score (nSPS) is 11.7. The molecule has 22 heavy (non-hydrogen) atoms. The first-order chi connectivity index (χ1) is 10.6. The van der Waals surface area contributed by atoms with Gasteiger partial charge in [-0.2, -0.15) is 0 Å². The van der Waals surface area contributed by atoms with Gasteiger partial charge in [-0.05, 0) is 27.6 Å². The number of aliphatic carboxylic acids is 1. The topological polar surface area (TPSA) is 88.8 Å². The summed E-state index contributed by atoms with van der Waals surface area (Å²) in [6, 6.07) is 10.00. The molecule has 2 rings (SSSR count). The number of halogens is 1. The van der Waals surface area contributed by atoms with Crippen LogP contribution < -0.4 is 5.32 Å². The molecule has 0 aliphatic heterocycles. The minimum absolute atomic E-state index is 0.103. The van der Waals surface area contributed by atoms with Crippen LogP contribution in [0.15, 0.2) is 51.6 Å². The van der Waals surface area contributed by atoms with Crippen molar-refractivity contribution in [1.82, 2.24) is 5.32 Å². The van der Waals surface area contributed by atoms with Gasteiger partial charge >= 0.3 is 12.1 Å². The van der Waals surface area contributed by atoms with Gasteiger partial charge in [0.25, 0.3) is 0 Å². The number of hydrogen-bond donors (Lipinski definition) is 2. The van der Waals surface area contributed by atoms with Gasteiger partial charge in [0.15, 0.2) is 0 Å². The Hall–Kier alpha value is -2.28. The highest BCUT2D eigenvalue weighted by Crippen LogP contribution is 2.26. The maximum Gasteiger partial charge on any atom is 0.408 e. The highest BCUT2D eigenvalue weighted by atomic mass is 79.9. The second-order valence-electron chi connectivity index (χ2n) is 4.49. The van der Waals surface area contributed by atoms with Crippen LogP contribution in [-0.2, 0) is 16.1 Å². The Balaban J connectivity index is 1.96. The SMILES string of the molecule is O=C(O)CC(NC(=O)OCc1ccccc1)c1occc1Br. The van der Waals surface area contributed by atoms with Crippen LogP contribution in [0, 0.1) is 0 Å². The molecular weight excluding hydrogens is 354 g/mol. The Morgan fingerprint density at radius 1 is 1.27 bits per heavy atom. The van der Waals surface area contributed by atoms with Crippen molar-refractivity contribution >= 4 is 28.0 Å². The first-order valence-electron chi connectivity index (χ1n) is 6.48. The average molecular weight is 368 g/mol. The van der Waals surface area contributed by atoms with Gasteiger partial charge in [-0.15, -0.1) is 0 Å². The monoisotopic (exact) mass is 367 g/mol. The van der Waals surface area contributed by atoms with Crippen molar-refractivity contribution in [2.24, 2.45) is 0 Å². The molecular formula is C15H14BrNO5. The number of hydrogen-bond acceptors (Lipinski definition) is 4. The molecule has 0 spiro atoms. The van der Waals surface area contributed by atoms with Gasteiger partial charge in [0.1, 0.15) is 18.4 Å². The zero-order chi connectivity index (χ0) is 15.9. The van der Waals surface area contributed by atoms with Crippen LogP contribution in [0.5, 0.6) is 0 Å². The van der Waals surface area contributed by atoms with E-state index in [1.165, 1.54) is 6.26 Å². The van der Waals surface area contributed by atoms with Crippen LogP contribution in [0.25, 0.3) is 0 Å². The third-order valence-electron chi connectivity index (χ3n) is 2.84. The predicted octanol–water partition coefficient (Wildman–Crippen LogP) is 3.48. The fourth-order valence-corrected chi connectivity index (χ4v) is 2.32. The van der Waals surface area contributed by atoms with E-state index in [0.717, 1.165) is 5.56 Å². The quantitative estimate of drug-likeness (QED) is 0.815. The summed E-state index contributed by atoms with van der Waals surface area (Å²) in [6.45, 7) is 0.103. The summed E-state index contributed by atoms with van der Waals surface area (Å²) in [5, 5.41) is 11.4. The zero-order valence-corrected chi connectivity index (χ0v) is 13.1. The summed E-state index contributed by atoms with van der Waals surface area (Å²) < 4.78 is 10.9. The van der Waals surface area contributed by atoms with Gasteiger partial charge < -0.3 is 19.6 Å². The van der Waals surface area contributed by atoms with E-state index >= 15 is 0 Å². The standard InChI is InChI=1S/C15H14BrNO5/c16-11-6-7-21-14(11)12(8-13(18)19)17-15(20)22-9-10-4-2-1-3-5-10/h1-7,12H,8-9H2,(H,17,20)(H,18,19). The number of benzene rings is 1. The lowest BCUT2D eigenvalue weighted by molar-refractivity contribution is -0.137. The smallest absolute Gasteiger partial charge is 0.408 e. The van der Waals surface area contributed by atoms with Crippen molar-refractivity contribution in [2.45, 2.75) is 19.1 Å². The van der Waals surface area contributed by atoms with Crippen molar-refractivity contribution < 1.29 is 23.8 Å². The summed E-state index contributed by atoms with van der Waals surface area (Å²) in [6.07, 6.45) is 0.385. The number of alkyl carbamates (subject to hydrolysis) is 1. The molecule has 1 heterocycles. The maximum absolute atomic E-state index is 11.8. The number of amides is 1. The molecule has 0 aliphatic carbocycles. The maximum atomic E-state index is 11.8. The summed E-state index contributed by atoms with van der Waals surface area (Å²) in [4.78, 5) is 22.8. The molecule has 1 aromatic carbocycles. The summed E-state index contributed by atoms with van der Waals surface area (Å²) in [5.41, 5.74) is 0.839. The predicted molar refractivity (Wildman–Crippen MR) is 81.2 cm³/mol. The van der Waals surface area contributed by atoms with E-state index in [9.17, 15) is 9.59 Å². The molecule has 1 unspecified atom stereocenters. The highest BCUT2D eigenvalue weighted by Gasteiger charge is 2.23. The molecule has 1 aromatic heterocycles. The van der Waals surface area contributed by atoms with Crippen LogP contribution in [0.4, 0.5) is 4.79 Å². The largest absolute Gasteiger partial charge is 0.481 e. The van der Waals surface area contributed by atoms with E-state index in [0.29, 0.717) is 10.2 Å². The summed E-state index contributed by atoms with van der Waals surface area (Å²) in [5.74, 6) is -0.726. The Kier molecular flexibility index (Phi) is 5.60. The van der Waals surface area contributed by atoms with Crippen LogP contribution in [0.3, 0.4) is 0 Å². The van der Waals surface area contributed by atoms with Crippen LogP contribution in [0.1, 0.15) is 23.8 Å². The molecule has 0 bridgehead atoms. The lowest BCUT2D eigenvalue weighted by Gasteiger charge is -2.15. The van der Waals surface area contributed by atoms with Crippen LogP contribution in [0.2, 0.25) is 0 Å². The first-order valence-corrected chi connectivity index (χ1v) is 7.27. The second-order valence-corrected chi connectivity index (χ2v) is 5.34. The molecule has 6 nitrogen and oxygen atoms in total. The molecule has 2 N–H and O–H groups in total. The Bertz CT molecular complexity index is 640. The lowest BCUT2D eigenvalue weighted by atomic mass is 10.1. The summed E-state index contributed by atoms with van der Waals surface area (Å²) in [7, 11) is 0. The second kappa shape index (κ2) is 7.65. The van der Waals surface area contributed by atoms with E-state index in [2.05, 4.69) is 21.2 Å². The molecule has 0 radical (unpaired) electrons. The van der Waals surface area contributed by atoms with E-state index in [1.54, 1.807) is 6.07 Å². The van der Waals surface area contributed by atoms with Gasteiger partial charge in [-0.1, -0.05) is 30.3 Å². The minimum Gasteiger partial charge on any atom is -0.481 e. The number of ether oxygens (including phenoxy) is 1. The number of carboxylic acids is 1. The third kappa shape index (κ3) is 4.63. The number of carbonyl (C=O) groups is 2. The van der Waals surface area contributed by atoms with Gasteiger partial charge in [0, 0.05) is 0 Å². The van der Waals surface area contributed by atoms with Gasteiger partial charge in [0.2, 0.25) is 0 Å². The minimum atomic E-state index is -1.06. The van der Waals surface area contributed by atoms with Gasteiger partial charge in [-0.25, -0.2) is 4.79 Å². The third-order valence-corrected chi connectivity index (χ3v) is 3.50. The Morgan fingerprint density at radius 2 is 2.00 bits per heavy atom. The number of furan rings is 1. The van der Waals surface area contributed by atoms with Crippen LogP contribution in [-0.4, -0.2) is 17.2 Å². The van der Waals surface area contributed by atoms with Crippen molar-refractivity contribution in [3.63, 3.8) is 0 Å². The fraction of sp³-hybridized carbons (Fsp3) is 0.200. The molecule has 116 valence electrons. The average Bonchev–Trinajstić information content (AvgIpc) is 2.91. The lowest BCUT2D eigenvalue weighted by Crippen LogP contribution is -2.30. The molecule has 7 heteroatoms. The van der Waals surface area contributed by atoms with E-state index < -0.39 is 18.1 Å². The van der Waals surface area contributed by atoms with Crippen LogP contribution >= 0.6 is 15.9 Å². The van der Waals surface area contributed by atoms with Crippen molar-refractivity contribution in [2.75, 3.05) is 0 Å². The Labute approximate surface area is 135 Å². The first kappa shape index (κ1) is 16.1. The van der Waals surface area contributed by atoms with E-state index in [4.69, 9.17) is 14.3 Å². The van der Waals surface area contributed by atoms with E-state index in [-0.39, 0.29) is 13.0 Å². The van der Waals surface area contributed by atoms with Crippen molar-refractivity contribution in [3.8, 4) is 0 Å². The van der Waals surface area contributed by atoms with Gasteiger partial charge in [-0.3, -0.25) is 4.79 Å². The molecule has 2 aromatic rings. The number of rotatable bonds is 6. The highest BCUT2D eigenvalue weighted by molar-refractivity contribution is 9.10. The van der Waals surface area contributed by atoms with Crippen molar-refractivity contribution in [1.29, 1.82) is 0 Å². The molecule has 1 atom stereocenters. The zero-order valence-electron chi connectivity index (χ0n) is 11.5. The van der Waals surface area contributed by atoms with Crippen molar-refractivity contribution in [3.05, 3.63) is 58.5 Å². The van der Waals surface area contributed by atoms with E-state index in [1.807, 2.05) is 30.3 Å². The number of nitrogens with one attached hydrogen (secondary N) is 1. The van der Waals surface area contributed by atoms with Gasteiger partial charge in [0.05, 0.1) is 17.2 Å². The Morgan fingerprint density at radius 3 is 2.59 bits per heavy atom. The number of carbonyl (C=O) groups excluding carboxylic acids is 1.